The van der Waals surface area contributed by atoms with E-state index in [0.717, 1.165) is 6.20 Å². The second-order valence-corrected chi connectivity index (χ2v) is 7.54. The summed E-state index contributed by atoms with van der Waals surface area (Å²) in [5, 5.41) is 13.0. The summed E-state index contributed by atoms with van der Waals surface area (Å²) in [6, 6.07) is 23.0. The van der Waals surface area contributed by atoms with Gasteiger partial charge in [-0.25, -0.2) is 8.42 Å². The Morgan fingerprint density at radius 3 is 1.96 bits per heavy atom. The topological polar surface area (TPSA) is 98.5 Å². The number of ether oxygens (including phenoxy) is 1. The fourth-order valence-electron chi connectivity index (χ4n) is 2.34. The fourth-order valence-corrected chi connectivity index (χ4v) is 3.50. The number of nitrogens with zero attached hydrogens (tertiary/aromatic N) is 1. The first-order valence-electron chi connectivity index (χ1n) is 8.21. The van der Waals surface area contributed by atoms with Crippen LogP contribution in [0, 0.1) is 10.1 Å². The molecule has 0 amide bonds. The molecule has 1 N–H and O–H groups in total. The van der Waals surface area contributed by atoms with E-state index in [1.54, 1.807) is 30.3 Å². The van der Waals surface area contributed by atoms with Crippen LogP contribution in [0.15, 0.2) is 101 Å². The zero-order chi connectivity index (χ0) is 20.0. The molecule has 142 valence electrons. The molecule has 0 unspecified atom stereocenters. The molecule has 3 aromatic rings. The van der Waals surface area contributed by atoms with Crippen LogP contribution in [0.1, 0.15) is 0 Å². The summed E-state index contributed by atoms with van der Waals surface area (Å²) < 4.78 is 30.6. The highest BCUT2D eigenvalue weighted by atomic mass is 32.2. The maximum absolute atomic E-state index is 12.5. The number of para-hydroxylation sites is 1. The molecule has 0 aliphatic heterocycles. The van der Waals surface area contributed by atoms with Gasteiger partial charge in [0.15, 0.2) is 0 Å². The molecule has 28 heavy (non-hydrogen) atoms. The number of hydrogen-bond acceptors (Lipinski definition) is 6. The number of hydrogen-bond donors (Lipinski definition) is 1. The van der Waals surface area contributed by atoms with Gasteiger partial charge >= 0.3 is 5.03 Å². The predicted octanol–water partition coefficient (Wildman–Crippen LogP) is 4.44. The first-order valence-corrected chi connectivity index (χ1v) is 9.69. The van der Waals surface area contributed by atoms with Crippen molar-refractivity contribution >= 4 is 15.5 Å². The lowest BCUT2D eigenvalue weighted by Gasteiger charge is -2.07. The molecule has 3 rings (SSSR count). The molecule has 0 bridgehead atoms. The van der Waals surface area contributed by atoms with Gasteiger partial charge in [0.05, 0.1) is 16.0 Å². The normalized spacial score (nSPS) is 11.6. The SMILES string of the molecule is O=[N+]([O-])C(=CNc1ccc(Oc2ccccc2)cc1)S(=O)(=O)c1ccccc1. The van der Waals surface area contributed by atoms with Crippen LogP contribution < -0.4 is 10.1 Å². The van der Waals surface area contributed by atoms with E-state index in [2.05, 4.69) is 5.32 Å². The van der Waals surface area contributed by atoms with Crippen molar-refractivity contribution in [1.82, 2.24) is 0 Å². The third kappa shape index (κ3) is 4.54. The molecule has 0 saturated carbocycles. The monoisotopic (exact) mass is 396 g/mol. The lowest BCUT2D eigenvalue weighted by Crippen LogP contribution is -2.14. The number of nitro groups is 1. The summed E-state index contributed by atoms with van der Waals surface area (Å²) in [5.41, 5.74) is 0.475. The predicted molar refractivity (Wildman–Crippen MR) is 105 cm³/mol. The molecule has 0 heterocycles. The maximum atomic E-state index is 12.5. The Balaban J connectivity index is 1.78. The molecule has 0 aliphatic rings. The Hall–Kier alpha value is -3.65. The highest BCUT2D eigenvalue weighted by molar-refractivity contribution is 7.95. The van der Waals surface area contributed by atoms with Crippen molar-refractivity contribution in [3.8, 4) is 11.5 Å². The molecule has 0 saturated heterocycles. The average Bonchev–Trinajstić information content (AvgIpc) is 2.70. The van der Waals surface area contributed by atoms with Crippen molar-refractivity contribution in [1.29, 1.82) is 0 Å². The molecule has 3 aromatic carbocycles. The van der Waals surface area contributed by atoms with Crippen LogP contribution in [-0.4, -0.2) is 13.3 Å². The van der Waals surface area contributed by atoms with Gasteiger partial charge in [-0.05, 0) is 48.5 Å². The standard InChI is InChI=1S/C20H16N2O5S/c23-22(24)20(28(25,26)19-9-5-2-6-10-19)15-21-16-11-13-18(14-12-16)27-17-7-3-1-4-8-17/h1-15,21H. The molecule has 8 heteroatoms. The Morgan fingerprint density at radius 2 is 1.39 bits per heavy atom. The summed E-state index contributed by atoms with van der Waals surface area (Å²) in [7, 11) is -4.24. The van der Waals surface area contributed by atoms with E-state index in [1.165, 1.54) is 24.3 Å². The van der Waals surface area contributed by atoms with Gasteiger partial charge in [0, 0.05) is 5.69 Å². The van der Waals surface area contributed by atoms with Crippen LogP contribution >= 0.6 is 0 Å². The summed E-state index contributed by atoms with van der Waals surface area (Å²) in [6.45, 7) is 0. The van der Waals surface area contributed by atoms with Crippen LogP contribution in [0.3, 0.4) is 0 Å². The van der Waals surface area contributed by atoms with Gasteiger partial charge in [-0.15, -0.1) is 0 Å². The molecule has 0 spiro atoms. The van der Waals surface area contributed by atoms with Crippen LogP contribution in [0.2, 0.25) is 0 Å². The summed E-state index contributed by atoms with van der Waals surface area (Å²) in [4.78, 5) is 10.2. The second-order valence-electron chi connectivity index (χ2n) is 5.64. The van der Waals surface area contributed by atoms with E-state index in [1.807, 2.05) is 30.3 Å². The minimum Gasteiger partial charge on any atom is -0.457 e. The van der Waals surface area contributed by atoms with Crippen LogP contribution in [0.25, 0.3) is 0 Å². The van der Waals surface area contributed by atoms with E-state index in [9.17, 15) is 18.5 Å². The van der Waals surface area contributed by atoms with Crippen molar-refractivity contribution in [2.45, 2.75) is 4.90 Å². The zero-order valence-corrected chi connectivity index (χ0v) is 15.4. The summed E-state index contributed by atoms with van der Waals surface area (Å²) in [6.07, 6.45) is 0.870. The smallest absolute Gasteiger partial charge is 0.379 e. The number of rotatable bonds is 7. The Kier molecular flexibility index (Phi) is 5.71. The van der Waals surface area contributed by atoms with Gasteiger partial charge in [-0.1, -0.05) is 36.4 Å². The largest absolute Gasteiger partial charge is 0.457 e. The van der Waals surface area contributed by atoms with Gasteiger partial charge in [0.2, 0.25) is 0 Å². The second kappa shape index (κ2) is 8.36. The Morgan fingerprint density at radius 1 is 0.857 bits per heavy atom. The molecule has 0 fully saturated rings. The lowest BCUT2D eigenvalue weighted by atomic mass is 10.3. The van der Waals surface area contributed by atoms with E-state index >= 15 is 0 Å². The summed E-state index contributed by atoms with van der Waals surface area (Å²) >= 11 is 0. The molecular formula is C20H16N2O5S. The number of sulfone groups is 1. The number of nitrogens with one attached hydrogen (secondary N) is 1. The average molecular weight is 396 g/mol. The van der Waals surface area contributed by atoms with Crippen LogP contribution in [0.4, 0.5) is 5.69 Å². The molecular weight excluding hydrogens is 380 g/mol. The third-order valence-electron chi connectivity index (χ3n) is 3.70. The third-order valence-corrected chi connectivity index (χ3v) is 5.41. The van der Waals surface area contributed by atoms with Crippen molar-refractivity contribution in [3.63, 3.8) is 0 Å². The van der Waals surface area contributed by atoms with Crippen molar-refractivity contribution in [2.75, 3.05) is 5.32 Å². The minimum atomic E-state index is -4.24. The number of benzene rings is 3. The van der Waals surface area contributed by atoms with Gasteiger partial charge in [-0.3, -0.25) is 10.1 Å². The quantitative estimate of drug-likeness (QED) is 0.468. The van der Waals surface area contributed by atoms with Gasteiger partial charge in [0.25, 0.3) is 9.84 Å². The Labute approximate surface area is 162 Å². The van der Waals surface area contributed by atoms with Crippen molar-refractivity contribution in [3.05, 3.63) is 106 Å². The first kappa shape index (κ1) is 19.1. The molecule has 0 radical (unpaired) electrons. The number of anilines is 1. The van der Waals surface area contributed by atoms with Gasteiger partial charge in [0.1, 0.15) is 11.5 Å². The lowest BCUT2D eigenvalue weighted by molar-refractivity contribution is -0.411. The fraction of sp³-hybridized carbons (Fsp3) is 0. The highest BCUT2D eigenvalue weighted by Crippen LogP contribution is 2.24. The van der Waals surface area contributed by atoms with Gasteiger partial charge in [-0.2, -0.15) is 0 Å². The van der Waals surface area contributed by atoms with Crippen molar-refractivity contribution < 1.29 is 18.1 Å². The summed E-state index contributed by atoms with van der Waals surface area (Å²) in [5.74, 6) is 1.25. The maximum Gasteiger partial charge on any atom is 0.379 e. The van der Waals surface area contributed by atoms with E-state index in [0.29, 0.717) is 17.2 Å². The van der Waals surface area contributed by atoms with Crippen LogP contribution in [0.5, 0.6) is 11.5 Å². The van der Waals surface area contributed by atoms with E-state index in [4.69, 9.17) is 4.74 Å². The van der Waals surface area contributed by atoms with Crippen LogP contribution in [-0.2, 0) is 9.84 Å². The first-order chi connectivity index (χ1) is 13.5. The van der Waals surface area contributed by atoms with Crippen molar-refractivity contribution in [2.24, 2.45) is 0 Å². The minimum absolute atomic E-state index is 0.147. The zero-order valence-electron chi connectivity index (χ0n) is 14.6. The molecule has 7 nitrogen and oxygen atoms in total. The highest BCUT2D eigenvalue weighted by Gasteiger charge is 2.31. The molecule has 0 aromatic heterocycles. The van der Waals surface area contributed by atoms with Gasteiger partial charge < -0.3 is 10.1 Å². The van der Waals surface area contributed by atoms with E-state index in [-0.39, 0.29) is 4.90 Å². The molecule has 0 atom stereocenters. The Bertz CT molecular complexity index is 1080. The van der Waals surface area contributed by atoms with E-state index < -0.39 is 19.8 Å². The molecule has 0 aliphatic carbocycles.